The van der Waals surface area contributed by atoms with Gasteiger partial charge in [0, 0.05) is 65.1 Å². The molecule has 0 amide bonds. The summed E-state index contributed by atoms with van der Waals surface area (Å²) in [5, 5.41) is 18.3. The second-order valence-corrected chi connectivity index (χ2v) is 21.4. The molecule has 0 fully saturated rings. The van der Waals surface area contributed by atoms with Gasteiger partial charge in [-0.3, -0.25) is 0 Å². The van der Waals surface area contributed by atoms with Crippen molar-refractivity contribution in [3.63, 3.8) is 0 Å². The van der Waals surface area contributed by atoms with Crippen LogP contribution in [0.5, 0.6) is 0 Å². The van der Waals surface area contributed by atoms with Gasteiger partial charge in [-0.05, 0) is 134 Å². The summed E-state index contributed by atoms with van der Waals surface area (Å²) in [5.74, 6) is 0. The Labute approximate surface area is 387 Å². The zero-order valence-corrected chi connectivity index (χ0v) is 38.6. The van der Waals surface area contributed by atoms with Gasteiger partial charge in [0.2, 0.25) is 0 Å². The Bertz CT molecular complexity index is 4620. The zero-order chi connectivity index (χ0) is 44.8. The van der Waals surface area contributed by atoms with Crippen LogP contribution in [0.3, 0.4) is 0 Å². The molecule has 3 heteroatoms. The summed E-state index contributed by atoms with van der Waals surface area (Å²) >= 11 is 0. The molecule has 5 aromatic heterocycles. The molecule has 0 unspecified atom stereocenters. The number of hydrogen-bond donors (Lipinski definition) is 0. The molecule has 10 aromatic carbocycles. The first kappa shape index (κ1) is 37.4. The van der Waals surface area contributed by atoms with Gasteiger partial charge in [-0.1, -0.05) is 133 Å². The third-order valence-electron chi connectivity index (χ3n) is 15.5. The lowest BCUT2D eigenvalue weighted by Crippen LogP contribution is -2.11. The lowest BCUT2D eigenvalue weighted by Gasteiger charge is -2.21. The lowest BCUT2D eigenvalue weighted by molar-refractivity contribution is 0.591. The minimum Gasteiger partial charge on any atom is -0.309 e. The van der Waals surface area contributed by atoms with Crippen molar-refractivity contribution < 1.29 is 0 Å². The van der Waals surface area contributed by atoms with Gasteiger partial charge >= 0.3 is 0 Å². The van der Waals surface area contributed by atoms with Crippen LogP contribution in [0.2, 0.25) is 0 Å². The van der Waals surface area contributed by atoms with E-state index in [1.165, 1.54) is 147 Å². The number of benzene rings is 10. The molecule has 0 aliphatic rings. The molecule has 67 heavy (non-hydrogen) atoms. The highest BCUT2D eigenvalue weighted by Gasteiger charge is 2.29. The van der Waals surface area contributed by atoms with Crippen molar-refractivity contribution in [2.45, 2.75) is 52.4 Å². The van der Waals surface area contributed by atoms with E-state index in [9.17, 15) is 0 Å². The van der Waals surface area contributed by atoms with Crippen molar-refractivity contribution in [1.29, 1.82) is 0 Å². The molecule has 0 saturated heterocycles. The maximum Gasteiger partial charge on any atom is 0.0627 e. The van der Waals surface area contributed by atoms with Gasteiger partial charge in [-0.15, -0.1) is 0 Å². The van der Waals surface area contributed by atoms with Crippen molar-refractivity contribution in [3.8, 4) is 16.8 Å². The van der Waals surface area contributed by atoms with Crippen molar-refractivity contribution >= 4 is 120 Å². The van der Waals surface area contributed by atoms with E-state index >= 15 is 0 Å². The van der Waals surface area contributed by atoms with Crippen molar-refractivity contribution in [2.75, 3.05) is 0 Å². The fraction of sp³-hybridized carbons (Fsp3) is 0.125. The summed E-state index contributed by atoms with van der Waals surface area (Å²) in [4.78, 5) is 0. The van der Waals surface area contributed by atoms with E-state index in [-0.39, 0.29) is 10.8 Å². The molecule has 0 saturated carbocycles. The summed E-state index contributed by atoms with van der Waals surface area (Å²) < 4.78 is 7.66. The molecule has 0 spiro atoms. The minimum absolute atomic E-state index is 0.0392. The molecule has 0 aliphatic carbocycles. The predicted octanol–water partition coefficient (Wildman–Crippen LogP) is 17.7. The maximum absolute atomic E-state index is 2.66. The average Bonchev–Trinajstić information content (AvgIpc) is 4.12. The van der Waals surface area contributed by atoms with E-state index in [2.05, 4.69) is 231 Å². The van der Waals surface area contributed by atoms with Gasteiger partial charge in [0.05, 0.1) is 44.1 Å². The Hall–Kier alpha value is -7.88. The van der Waals surface area contributed by atoms with Crippen molar-refractivity contribution in [1.82, 2.24) is 13.4 Å². The molecule has 15 rings (SSSR count). The fourth-order valence-electron chi connectivity index (χ4n) is 12.3. The van der Waals surface area contributed by atoms with Gasteiger partial charge in [0.1, 0.15) is 0 Å². The van der Waals surface area contributed by atoms with Crippen LogP contribution in [-0.2, 0) is 10.8 Å². The summed E-state index contributed by atoms with van der Waals surface area (Å²) in [6.45, 7) is 14.1. The molecule has 0 N–H and O–H groups in total. The first-order valence-corrected chi connectivity index (χ1v) is 23.8. The first-order chi connectivity index (χ1) is 32.5. The Balaban J connectivity index is 1.14. The van der Waals surface area contributed by atoms with Gasteiger partial charge in [0.25, 0.3) is 0 Å². The van der Waals surface area contributed by atoms with Gasteiger partial charge in [-0.2, -0.15) is 0 Å². The highest BCUT2D eigenvalue weighted by Crippen LogP contribution is 2.52. The number of hydrogen-bond acceptors (Lipinski definition) is 0. The summed E-state index contributed by atoms with van der Waals surface area (Å²) in [6.07, 6.45) is 0. The monoisotopic (exact) mass is 857 g/mol. The maximum atomic E-state index is 2.66. The number of para-hydroxylation sites is 2. The summed E-state index contributed by atoms with van der Waals surface area (Å²) in [7, 11) is 0. The molecular weight excluding hydrogens is 811 g/mol. The SMILES string of the molecule is CC(C)(C)c1cc(-c2ccc3c(c2)c2ccccc2n3-c2ccccc2)c2c(c1)c1c3ccccc3cc3c4c5c6cc(C(C)(C)C)cc7c8cc9ccccc9cc8n(c5ccc4n2c31)c76. The van der Waals surface area contributed by atoms with Gasteiger partial charge < -0.3 is 13.4 Å². The number of nitrogens with zero attached hydrogens (tertiary/aromatic N) is 3. The largest absolute Gasteiger partial charge is 0.309 e. The van der Waals surface area contributed by atoms with E-state index in [1.54, 1.807) is 0 Å². The first-order valence-electron chi connectivity index (χ1n) is 23.8. The van der Waals surface area contributed by atoms with Crippen LogP contribution in [-0.4, -0.2) is 13.4 Å². The Morgan fingerprint density at radius 2 is 0.851 bits per heavy atom. The second kappa shape index (κ2) is 12.5. The average molecular weight is 858 g/mol. The summed E-state index contributed by atoms with van der Waals surface area (Å²) in [5.41, 5.74) is 16.4. The second-order valence-electron chi connectivity index (χ2n) is 21.4. The van der Waals surface area contributed by atoms with Crippen molar-refractivity contribution in [2.24, 2.45) is 0 Å². The molecule has 5 heterocycles. The van der Waals surface area contributed by atoms with Crippen LogP contribution in [0.25, 0.3) is 136 Å². The zero-order valence-electron chi connectivity index (χ0n) is 38.6. The highest BCUT2D eigenvalue weighted by atomic mass is 15.0. The number of aromatic nitrogens is 3. The standard InChI is InChI=1S/C64H47N3/c1-63(2,3)40-32-45(39-24-25-53-46(29-39)44-22-14-15-23-52(44)65(53)42-19-8-7-9-20-42)60-50(34-40)57-43-21-13-12-18-38(43)30-49-58-55(67(60)62(49)57)27-26-54-59(58)51-35-41(64(4,5)6)33-48-47-28-36-16-10-11-17-37(36)31-56(47)66(54)61(48)51/h7-35H,1-6H3. The van der Waals surface area contributed by atoms with E-state index in [4.69, 9.17) is 0 Å². The highest BCUT2D eigenvalue weighted by molar-refractivity contribution is 6.39. The van der Waals surface area contributed by atoms with Crippen LogP contribution in [0.1, 0.15) is 52.7 Å². The molecule has 0 radical (unpaired) electrons. The van der Waals surface area contributed by atoms with E-state index in [0.29, 0.717) is 0 Å². The normalized spacial score (nSPS) is 13.2. The van der Waals surface area contributed by atoms with Crippen LogP contribution in [0, 0.1) is 0 Å². The molecule has 0 bridgehead atoms. The fourth-order valence-corrected chi connectivity index (χ4v) is 12.3. The minimum atomic E-state index is -0.0773. The third kappa shape index (κ3) is 4.81. The van der Waals surface area contributed by atoms with E-state index < -0.39 is 0 Å². The number of fused-ring (bicyclic) bond motifs is 19. The number of rotatable bonds is 2. The van der Waals surface area contributed by atoms with E-state index in [0.717, 1.165) is 0 Å². The van der Waals surface area contributed by atoms with E-state index in [1.807, 2.05) is 0 Å². The van der Waals surface area contributed by atoms with Crippen LogP contribution in [0.15, 0.2) is 176 Å². The Morgan fingerprint density at radius 1 is 0.313 bits per heavy atom. The Morgan fingerprint density at radius 3 is 1.60 bits per heavy atom. The summed E-state index contributed by atoms with van der Waals surface area (Å²) in [6, 6.07) is 67.0. The molecular formula is C64H47N3. The van der Waals surface area contributed by atoms with Gasteiger partial charge in [0.15, 0.2) is 0 Å². The smallest absolute Gasteiger partial charge is 0.0627 e. The molecule has 0 aliphatic heterocycles. The van der Waals surface area contributed by atoms with Crippen molar-refractivity contribution in [3.05, 3.63) is 187 Å². The van der Waals surface area contributed by atoms with Crippen LogP contribution in [0.4, 0.5) is 0 Å². The topological polar surface area (TPSA) is 13.8 Å². The molecule has 15 aromatic rings. The van der Waals surface area contributed by atoms with Gasteiger partial charge in [-0.25, -0.2) is 0 Å². The molecule has 0 atom stereocenters. The quantitative estimate of drug-likeness (QED) is 0.164. The molecule has 318 valence electrons. The van der Waals surface area contributed by atoms with Crippen LogP contribution >= 0.6 is 0 Å². The predicted molar refractivity (Wildman–Crippen MR) is 288 cm³/mol. The Kier molecular flexibility index (Phi) is 6.97. The lowest BCUT2D eigenvalue weighted by atomic mass is 9.83. The van der Waals surface area contributed by atoms with Crippen LogP contribution < -0.4 is 0 Å². The molecule has 3 nitrogen and oxygen atoms in total. The third-order valence-corrected chi connectivity index (χ3v) is 15.5.